The van der Waals surface area contributed by atoms with E-state index in [0.29, 0.717) is 22.6 Å². The molecule has 7 heteroatoms. The second-order valence-electron chi connectivity index (χ2n) is 7.61. The summed E-state index contributed by atoms with van der Waals surface area (Å²) < 4.78 is 7.04. The highest BCUT2D eigenvalue weighted by Crippen LogP contribution is 2.25. The van der Waals surface area contributed by atoms with Gasteiger partial charge >= 0.3 is 0 Å². The summed E-state index contributed by atoms with van der Waals surface area (Å²) in [5.41, 5.74) is 2.41. The Morgan fingerprint density at radius 3 is 2.52 bits per heavy atom. The third kappa shape index (κ3) is 5.26. The predicted molar refractivity (Wildman–Crippen MR) is 132 cm³/mol. The smallest absolute Gasteiger partial charge is 0.262 e. The number of methoxy groups -OCH3 is 1. The number of hydrogen-bond donors (Lipinski definition) is 1. The summed E-state index contributed by atoms with van der Waals surface area (Å²) in [5.74, 6) is 0.719. The van der Waals surface area contributed by atoms with Crippen molar-refractivity contribution >= 4 is 28.6 Å². The Morgan fingerprint density at radius 1 is 1.03 bits per heavy atom. The number of nitrogens with one attached hydrogen (secondary N) is 1. The quantitative estimate of drug-likeness (QED) is 0.312. The van der Waals surface area contributed by atoms with Gasteiger partial charge in [0, 0.05) is 5.56 Å². The molecule has 0 saturated carbocycles. The van der Waals surface area contributed by atoms with Gasteiger partial charge in [-0.25, -0.2) is 4.98 Å². The van der Waals surface area contributed by atoms with Crippen LogP contribution in [0, 0.1) is 0 Å². The third-order valence-electron chi connectivity index (χ3n) is 5.33. The SMILES string of the molecule is COc1ccccc1C(C)NC(=O)CSc1nc2ccccc2c(=O)n1Cc1ccccc1. The van der Waals surface area contributed by atoms with Crippen LogP contribution in [-0.4, -0.2) is 28.3 Å². The van der Waals surface area contributed by atoms with E-state index in [4.69, 9.17) is 9.72 Å². The van der Waals surface area contributed by atoms with E-state index in [0.717, 1.165) is 16.9 Å². The number of hydrogen-bond acceptors (Lipinski definition) is 5. The molecule has 0 radical (unpaired) electrons. The van der Waals surface area contributed by atoms with Crippen molar-refractivity contribution in [3.8, 4) is 5.75 Å². The molecule has 168 valence electrons. The Bertz CT molecular complexity index is 1320. The normalized spacial score (nSPS) is 11.8. The Labute approximate surface area is 196 Å². The van der Waals surface area contributed by atoms with Gasteiger partial charge in [-0.2, -0.15) is 0 Å². The van der Waals surface area contributed by atoms with Gasteiger partial charge in [-0.05, 0) is 30.7 Å². The van der Waals surface area contributed by atoms with Crippen LogP contribution in [0.2, 0.25) is 0 Å². The van der Waals surface area contributed by atoms with Crippen molar-refractivity contribution in [2.45, 2.75) is 24.7 Å². The maximum Gasteiger partial charge on any atom is 0.262 e. The molecule has 1 heterocycles. The van der Waals surface area contributed by atoms with Crippen molar-refractivity contribution in [2.75, 3.05) is 12.9 Å². The van der Waals surface area contributed by atoms with Gasteiger partial charge in [-0.3, -0.25) is 14.2 Å². The monoisotopic (exact) mass is 459 g/mol. The van der Waals surface area contributed by atoms with Gasteiger partial charge in [0.2, 0.25) is 5.91 Å². The minimum Gasteiger partial charge on any atom is -0.496 e. The summed E-state index contributed by atoms with van der Waals surface area (Å²) in [6.07, 6.45) is 0. The van der Waals surface area contributed by atoms with Gasteiger partial charge < -0.3 is 10.1 Å². The summed E-state index contributed by atoms with van der Waals surface area (Å²) >= 11 is 1.26. The predicted octanol–water partition coefficient (Wildman–Crippen LogP) is 4.42. The van der Waals surface area contributed by atoms with Gasteiger partial charge in [0.25, 0.3) is 5.56 Å². The minimum absolute atomic E-state index is 0.116. The number of fused-ring (bicyclic) bond motifs is 1. The van der Waals surface area contributed by atoms with Crippen molar-refractivity contribution < 1.29 is 9.53 Å². The molecule has 0 bridgehead atoms. The van der Waals surface area contributed by atoms with Crippen LogP contribution in [-0.2, 0) is 11.3 Å². The molecule has 1 amide bonds. The highest BCUT2D eigenvalue weighted by atomic mass is 32.2. The number of nitrogens with zero attached hydrogens (tertiary/aromatic N) is 2. The van der Waals surface area contributed by atoms with Crippen molar-refractivity contribution in [1.82, 2.24) is 14.9 Å². The number of benzene rings is 3. The molecule has 6 nitrogen and oxygen atoms in total. The third-order valence-corrected chi connectivity index (χ3v) is 6.30. The van der Waals surface area contributed by atoms with E-state index in [1.165, 1.54) is 11.8 Å². The largest absolute Gasteiger partial charge is 0.496 e. The summed E-state index contributed by atoms with van der Waals surface area (Å²) in [4.78, 5) is 30.7. The lowest BCUT2D eigenvalue weighted by Gasteiger charge is -2.17. The van der Waals surface area contributed by atoms with Crippen molar-refractivity contribution in [1.29, 1.82) is 0 Å². The van der Waals surface area contributed by atoms with Crippen LogP contribution in [0.5, 0.6) is 5.75 Å². The molecular formula is C26H25N3O3S. The first-order valence-electron chi connectivity index (χ1n) is 10.7. The van der Waals surface area contributed by atoms with E-state index in [2.05, 4.69) is 5.32 Å². The van der Waals surface area contributed by atoms with Crippen LogP contribution in [0.3, 0.4) is 0 Å². The average molecular weight is 460 g/mol. The van der Waals surface area contributed by atoms with Crippen LogP contribution < -0.4 is 15.6 Å². The number of para-hydroxylation sites is 2. The van der Waals surface area contributed by atoms with Crippen molar-refractivity contribution in [2.24, 2.45) is 0 Å². The molecule has 0 aliphatic heterocycles. The molecule has 1 aromatic heterocycles. The number of ether oxygens (including phenoxy) is 1. The molecule has 0 spiro atoms. The summed E-state index contributed by atoms with van der Waals surface area (Å²) in [7, 11) is 1.61. The van der Waals surface area contributed by atoms with Gasteiger partial charge in [-0.1, -0.05) is 72.4 Å². The molecule has 1 atom stereocenters. The number of carbonyl (C=O) groups excluding carboxylic acids is 1. The summed E-state index contributed by atoms with van der Waals surface area (Å²) in [5, 5.41) is 4.09. The maximum atomic E-state index is 13.2. The zero-order valence-corrected chi connectivity index (χ0v) is 19.3. The Balaban J connectivity index is 1.55. The molecule has 3 aromatic carbocycles. The highest BCUT2D eigenvalue weighted by Gasteiger charge is 2.16. The standard InChI is InChI=1S/C26H25N3O3S/c1-18(20-12-7-9-15-23(20)32-2)27-24(30)17-33-26-28-22-14-8-6-13-21(22)25(31)29(26)16-19-10-4-3-5-11-19/h3-15,18H,16-17H2,1-2H3,(H,27,30). The Hall–Kier alpha value is -3.58. The molecule has 0 fully saturated rings. The van der Waals surface area contributed by atoms with Crippen LogP contribution in [0.25, 0.3) is 10.9 Å². The average Bonchev–Trinajstić information content (AvgIpc) is 2.85. The van der Waals surface area contributed by atoms with Gasteiger partial charge in [0.1, 0.15) is 5.75 Å². The van der Waals surface area contributed by atoms with Gasteiger partial charge in [0.15, 0.2) is 5.16 Å². The van der Waals surface area contributed by atoms with Crippen LogP contribution in [0.4, 0.5) is 0 Å². The molecule has 1 N–H and O–H groups in total. The number of amides is 1. The first kappa shape index (κ1) is 22.6. The second kappa shape index (κ2) is 10.4. The zero-order chi connectivity index (χ0) is 23.2. The number of thioether (sulfide) groups is 1. The summed E-state index contributed by atoms with van der Waals surface area (Å²) in [6.45, 7) is 2.30. The second-order valence-corrected chi connectivity index (χ2v) is 8.55. The van der Waals surface area contributed by atoms with E-state index in [1.807, 2.05) is 79.7 Å². The zero-order valence-electron chi connectivity index (χ0n) is 18.5. The number of carbonyl (C=O) groups is 1. The molecule has 0 aliphatic rings. The van der Waals surface area contributed by atoms with E-state index >= 15 is 0 Å². The first-order valence-corrected chi connectivity index (χ1v) is 11.6. The Morgan fingerprint density at radius 2 is 1.73 bits per heavy atom. The topological polar surface area (TPSA) is 73.2 Å². The lowest BCUT2D eigenvalue weighted by Crippen LogP contribution is -2.29. The fourth-order valence-electron chi connectivity index (χ4n) is 3.68. The maximum absolute atomic E-state index is 13.2. The first-order chi connectivity index (χ1) is 16.1. The van der Waals surface area contributed by atoms with Crippen molar-refractivity contribution in [3.05, 3.63) is 100 Å². The summed E-state index contributed by atoms with van der Waals surface area (Å²) in [6, 6.07) is 24.4. The fourth-order valence-corrected chi connectivity index (χ4v) is 4.49. The van der Waals surface area contributed by atoms with Gasteiger partial charge in [0.05, 0.1) is 36.4 Å². The molecule has 0 saturated heterocycles. The van der Waals surface area contributed by atoms with Crippen LogP contribution in [0.1, 0.15) is 24.1 Å². The highest BCUT2D eigenvalue weighted by molar-refractivity contribution is 7.99. The van der Waals surface area contributed by atoms with E-state index < -0.39 is 0 Å². The lowest BCUT2D eigenvalue weighted by atomic mass is 10.1. The van der Waals surface area contributed by atoms with Crippen LogP contribution in [0.15, 0.2) is 88.8 Å². The van der Waals surface area contributed by atoms with Crippen molar-refractivity contribution in [3.63, 3.8) is 0 Å². The molecule has 1 unspecified atom stereocenters. The van der Waals surface area contributed by atoms with Gasteiger partial charge in [-0.15, -0.1) is 0 Å². The Kier molecular flexibility index (Phi) is 7.10. The fraction of sp³-hybridized carbons (Fsp3) is 0.192. The molecule has 4 aromatic rings. The molecule has 0 aliphatic carbocycles. The lowest BCUT2D eigenvalue weighted by molar-refractivity contribution is -0.119. The molecular weight excluding hydrogens is 434 g/mol. The van der Waals surface area contributed by atoms with E-state index in [9.17, 15) is 9.59 Å². The van der Waals surface area contributed by atoms with E-state index in [1.54, 1.807) is 17.7 Å². The molecule has 33 heavy (non-hydrogen) atoms. The molecule has 4 rings (SSSR count). The number of aromatic nitrogens is 2. The van der Waals surface area contributed by atoms with E-state index in [-0.39, 0.29) is 23.3 Å². The minimum atomic E-state index is -0.217. The van der Waals surface area contributed by atoms with Crippen LogP contribution >= 0.6 is 11.8 Å². The number of rotatable bonds is 8.